The van der Waals surface area contributed by atoms with Crippen LogP contribution in [0.4, 0.5) is 8.78 Å². The zero-order chi connectivity index (χ0) is 15.7. The summed E-state index contributed by atoms with van der Waals surface area (Å²) in [6, 6.07) is 4.91. The van der Waals surface area contributed by atoms with Gasteiger partial charge in [-0.2, -0.15) is 4.39 Å². The van der Waals surface area contributed by atoms with Crippen LogP contribution in [0.3, 0.4) is 0 Å². The molecule has 1 aliphatic carbocycles. The van der Waals surface area contributed by atoms with Crippen LogP contribution in [-0.2, 0) is 16.1 Å². The molecule has 1 aliphatic rings. The Morgan fingerprint density at radius 3 is 2.91 bits per heavy atom. The van der Waals surface area contributed by atoms with Gasteiger partial charge in [0.1, 0.15) is 5.82 Å². The van der Waals surface area contributed by atoms with Crippen molar-refractivity contribution in [3.63, 3.8) is 0 Å². The van der Waals surface area contributed by atoms with Gasteiger partial charge in [-0.1, -0.05) is 12.1 Å². The molecule has 6 heteroatoms. The number of imidazole rings is 1. The van der Waals surface area contributed by atoms with E-state index < -0.39 is 5.95 Å². The number of rotatable bonds is 5. The van der Waals surface area contributed by atoms with E-state index in [4.69, 9.17) is 4.74 Å². The molecule has 0 spiro atoms. The summed E-state index contributed by atoms with van der Waals surface area (Å²) in [6.45, 7) is 2.44. The number of carbonyl (C=O) groups excluding carboxylic acids is 1. The van der Waals surface area contributed by atoms with E-state index in [0.717, 1.165) is 0 Å². The highest BCUT2D eigenvalue weighted by molar-refractivity contribution is 5.77. The molecule has 1 saturated carbocycles. The predicted octanol–water partition coefficient (Wildman–Crippen LogP) is 2.88. The molecule has 0 bridgehead atoms. The fourth-order valence-corrected chi connectivity index (χ4v) is 2.65. The van der Waals surface area contributed by atoms with E-state index in [1.165, 1.54) is 18.6 Å². The van der Waals surface area contributed by atoms with E-state index in [2.05, 4.69) is 4.98 Å². The largest absolute Gasteiger partial charge is 0.466 e. The third-order valence-electron chi connectivity index (χ3n) is 3.81. The second-order valence-electron chi connectivity index (χ2n) is 5.43. The minimum atomic E-state index is -0.563. The maximum atomic E-state index is 14.2. The van der Waals surface area contributed by atoms with Crippen LogP contribution in [0.1, 0.15) is 30.4 Å². The maximum absolute atomic E-state index is 14.2. The van der Waals surface area contributed by atoms with Crippen LogP contribution in [0.5, 0.6) is 0 Å². The molecule has 0 amide bonds. The lowest BCUT2D eigenvalue weighted by Gasteiger charge is -2.07. The van der Waals surface area contributed by atoms with Crippen molar-refractivity contribution >= 4 is 5.97 Å². The molecule has 1 aromatic heterocycles. The monoisotopic (exact) mass is 306 g/mol. The number of carbonyl (C=O) groups is 1. The van der Waals surface area contributed by atoms with Crippen molar-refractivity contribution in [1.29, 1.82) is 0 Å². The molecule has 0 saturated heterocycles. The summed E-state index contributed by atoms with van der Waals surface area (Å²) in [4.78, 5) is 15.1. The summed E-state index contributed by atoms with van der Waals surface area (Å²) in [7, 11) is 0. The molecular weight excluding hydrogens is 290 g/mol. The highest BCUT2D eigenvalue weighted by Crippen LogP contribution is 2.49. The topological polar surface area (TPSA) is 44.1 Å². The average molecular weight is 306 g/mol. The van der Waals surface area contributed by atoms with Gasteiger partial charge in [-0.25, -0.2) is 9.37 Å². The molecule has 22 heavy (non-hydrogen) atoms. The highest BCUT2D eigenvalue weighted by atomic mass is 19.1. The first kappa shape index (κ1) is 14.7. The second-order valence-corrected chi connectivity index (χ2v) is 5.43. The Morgan fingerprint density at radius 2 is 2.27 bits per heavy atom. The zero-order valence-electron chi connectivity index (χ0n) is 12.1. The average Bonchev–Trinajstić information content (AvgIpc) is 3.16. The lowest BCUT2D eigenvalue weighted by molar-refractivity contribution is -0.144. The first-order chi connectivity index (χ1) is 10.6. The lowest BCUT2D eigenvalue weighted by atomic mass is 10.1. The molecule has 2 aromatic rings. The molecule has 0 aliphatic heterocycles. The van der Waals surface area contributed by atoms with Gasteiger partial charge >= 0.3 is 5.97 Å². The minimum Gasteiger partial charge on any atom is -0.466 e. The molecule has 1 aromatic carbocycles. The van der Waals surface area contributed by atoms with Gasteiger partial charge in [0.05, 0.1) is 25.0 Å². The molecule has 116 valence electrons. The molecule has 3 rings (SSSR count). The number of aromatic nitrogens is 2. The van der Waals surface area contributed by atoms with E-state index in [9.17, 15) is 13.6 Å². The quantitative estimate of drug-likeness (QED) is 0.798. The van der Waals surface area contributed by atoms with Gasteiger partial charge in [0, 0.05) is 12.5 Å². The Balaban J connectivity index is 1.69. The summed E-state index contributed by atoms with van der Waals surface area (Å²) >= 11 is 0. The van der Waals surface area contributed by atoms with Crippen molar-refractivity contribution in [1.82, 2.24) is 9.55 Å². The summed E-state index contributed by atoms with van der Waals surface area (Å²) < 4.78 is 33.5. The minimum absolute atomic E-state index is 0.0983. The Labute approximate surface area is 126 Å². The first-order valence-corrected chi connectivity index (χ1v) is 7.20. The summed E-state index contributed by atoms with van der Waals surface area (Å²) in [5.74, 6) is -1.49. The Morgan fingerprint density at radius 1 is 1.45 bits per heavy atom. The second kappa shape index (κ2) is 5.87. The number of benzene rings is 1. The molecule has 1 fully saturated rings. The van der Waals surface area contributed by atoms with Crippen LogP contribution in [0, 0.1) is 17.7 Å². The number of ether oxygens (including phenoxy) is 1. The van der Waals surface area contributed by atoms with Crippen molar-refractivity contribution in [2.75, 3.05) is 6.61 Å². The van der Waals surface area contributed by atoms with E-state index >= 15 is 0 Å². The van der Waals surface area contributed by atoms with Crippen LogP contribution >= 0.6 is 0 Å². The fourth-order valence-electron chi connectivity index (χ4n) is 2.65. The molecule has 1 heterocycles. The van der Waals surface area contributed by atoms with Crippen molar-refractivity contribution < 1.29 is 18.3 Å². The van der Waals surface area contributed by atoms with Gasteiger partial charge < -0.3 is 9.30 Å². The maximum Gasteiger partial charge on any atom is 0.309 e. The summed E-state index contributed by atoms with van der Waals surface area (Å²) in [5, 5.41) is 0. The standard InChI is InChI=1S/C16H16F2N2O2/c1-2-22-16(21)13-6-12(13)11-4-3-10(5-14(11)17)7-20-8-15(18)19-9-20/h3-5,8-9,12-13H,2,6-7H2,1H3. The number of esters is 1. The Bertz CT molecular complexity index is 699. The summed E-state index contributed by atoms with van der Waals surface area (Å²) in [6.07, 6.45) is 3.24. The van der Waals surface area contributed by atoms with Gasteiger partial charge in [0.2, 0.25) is 5.95 Å². The van der Waals surface area contributed by atoms with E-state index in [0.29, 0.717) is 30.7 Å². The number of hydrogen-bond acceptors (Lipinski definition) is 3. The van der Waals surface area contributed by atoms with Gasteiger partial charge in [0.25, 0.3) is 0 Å². The third-order valence-corrected chi connectivity index (χ3v) is 3.81. The zero-order valence-corrected chi connectivity index (χ0v) is 12.1. The van der Waals surface area contributed by atoms with Gasteiger partial charge in [-0.15, -0.1) is 0 Å². The smallest absolute Gasteiger partial charge is 0.309 e. The molecule has 2 atom stereocenters. The van der Waals surface area contributed by atoms with Crippen molar-refractivity contribution in [3.05, 3.63) is 53.6 Å². The van der Waals surface area contributed by atoms with Crippen LogP contribution in [0.15, 0.2) is 30.7 Å². The van der Waals surface area contributed by atoms with Crippen LogP contribution in [-0.4, -0.2) is 22.1 Å². The lowest BCUT2D eigenvalue weighted by Crippen LogP contribution is -2.07. The van der Waals surface area contributed by atoms with Crippen molar-refractivity contribution in [3.8, 4) is 0 Å². The number of hydrogen-bond donors (Lipinski definition) is 0. The SMILES string of the molecule is CCOC(=O)C1CC1c1ccc(Cn2cnc(F)c2)cc1F. The Kier molecular flexibility index (Phi) is 3.92. The third kappa shape index (κ3) is 3.00. The number of halogens is 2. The normalized spacial score (nSPS) is 20.0. The van der Waals surface area contributed by atoms with E-state index in [1.54, 1.807) is 23.6 Å². The first-order valence-electron chi connectivity index (χ1n) is 7.20. The summed E-state index contributed by atoms with van der Waals surface area (Å²) in [5.41, 5.74) is 1.26. The highest BCUT2D eigenvalue weighted by Gasteiger charge is 2.46. The van der Waals surface area contributed by atoms with Crippen molar-refractivity contribution in [2.45, 2.75) is 25.8 Å². The van der Waals surface area contributed by atoms with Crippen molar-refractivity contribution in [2.24, 2.45) is 5.92 Å². The molecular formula is C16H16F2N2O2. The predicted molar refractivity (Wildman–Crippen MR) is 75.2 cm³/mol. The molecule has 0 N–H and O–H groups in total. The fraction of sp³-hybridized carbons (Fsp3) is 0.375. The van der Waals surface area contributed by atoms with Gasteiger partial charge in [0.15, 0.2) is 0 Å². The van der Waals surface area contributed by atoms with Crippen LogP contribution < -0.4 is 0 Å². The van der Waals surface area contributed by atoms with E-state index in [1.807, 2.05) is 0 Å². The molecule has 2 unspecified atom stereocenters. The molecule has 0 radical (unpaired) electrons. The Hall–Kier alpha value is -2.24. The van der Waals surface area contributed by atoms with E-state index in [-0.39, 0.29) is 23.6 Å². The van der Waals surface area contributed by atoms with Crippen LogP contribution in [0.25, 0.3) is 0 Å². The molecule has 4 nitrogen and oxygen atoms in total. The van der Waals surface area contributed by atoms with Gasteiger partial charge in [-0.05, 0) is 30.5 Å². The van der Waals surface area contributed by atoms with Gasteiger partial charge in [-0.3, -0.25) is 4.79 Å². The number of nitrogens with zero attached hydrogens (tertiary/aromatic N) is 2. The van der Waals surface area contributed by atoms with Crippen LogP contribution in [0.2, 0.25) is 0 Å².